The van der Waals surface area contributed by atoms with Crippen molar-refractivity contribution in [1.82, 2.24) is 5.32 Å². The predicted molar refractivity (Wildman–Crippen MR) is 108 cm³/mol. The summed E-state index contributed by atoms with van der Waals surface area (Å²) in [5.41, 5.74) is 7.70. The molecular formula is C18H25Cl2N3O2. The Kier molecular flexibility index (Phi) is 11.4. The van der Waals surface area contributed by atoms with Crippen molar-refractivity contribution in [3.8, 4) is 5.75 Å². The van der Waals surface area contributed by atoms with E-state index in [2.05, 4.69) is 10.6 Å². The lowest BCUT2D eigenvalue weighted by Gasteiger charge is -2.13. The van der Waals surface area contributed by atoms with E-state index in [1.54, 1.807) is 13.2 Å². The zero-order chi connectivity index (χ0) is 16.5. The maximum atomic E-state index is 12.3. The maximum Gasteiger partial charge on any atom is 0.253 e. The van der Waals surface area contributed by atoms with Gasteiger partial charge >= 0.3 is 0 Å². The average molecular weight is 386 g/mol. The van der Waals surface area contributed by atoms with Gasteiger partial charge in [-0.1, -0.05) is 18.2 Å². The van der Waals surface area contributed by atoms with Crippen molar-refractivity contribution in [3.05, 3.63) is 54.1 Å². The van der Waals surface area contributed by atoms with Gasteiger partial charge in [0.15, 0.2) is 0 Å². The van der Waals surface area contributed by atoms with Gasteiger partial charge in [0, 0.05) is 18.3 Å². The van der Waals surface area contributed by atoms with Crippen LogP contribution in [0.25, 0.3) is 0 Å². The number of hydrogen-bond donors (Lipinski definition) is 3. The fourth-order valence-electron chi connectivity index (χ4n) is 2.21. The van der Waals surface area contributed by atoms with Gasteiger partial charge in [0.25, 0.3) is 5.91 Å². The number of carbonyl (C=O) groups is 1. The number of carbonyl (C=O) groups excluding carboxylic acids is 1. The number of ether oxygens (including phenoxy) is 1. The molecule has 1 amide bonds. The summed E-state index contributed by atoms with van der Waals surface area (Å²) < 4.78 is 5.22. The number of halogens is 2. The Hall–Kier alpha value is -1.95. The van der Waals surface area contributed by atoms with Crippen LogP contribution in [0.4, 0.5) is 11.4 Å². The number of amides is 1. The van der Waals surface area contributed by atoms with Crippen LogP contribution in [-0.4, -0.2) is 26.1 Å². The van der Waals surface area contributed by atoms with Crippen LogP contribution in [0.3, 0.4) is 0 Å². The Balaban J connectivity index is 0.00000288. The molecule has 0 aliphatic rings. The average Bonchev–Trinajstić information content (AvgIpc) is 2.59. The second-order valence-corrected chi connectivity index (χ2v) is 5.15. The first-order valence-electron chi connectivity index (χ1n) is 7.73. The van der Waals surface area contributed by atoms with Gasteiger partial charge < -0.3 is 21.1 Å². The summed E-state index contributed by atoms with van der Waals surface area (Å²) in [7, 11) is 1.63. The number of anilines is 2. The molecule has 5 nitrogen and oxygen atoms in total. The third kappa shape index (κ3) is 7.22. The molecule has 138 valence electrons. The topological polar surface area (TPSA) is 76.4 Å². The molecular weight excluding hydrogens is 361 g/mol. The molecule has 0 spiro atoms. The highest BCUT2D eigenvalue weighted by Gasteiger charge is 2.10. The van der Waals surface area contributed by atoms with Gasteiger partial charge in [-0.15, -0.1) is 24.8 Å². The van der Waals surface area contributed by atoms with E-state index < -0.39 is 0 Å². The second kappa shape index (κ2) is 12.4. The highest BCUT2D eigenvalue weighted by molar-refractivity contribution is 6.00. The van der Waals surface area contributed by atoms with Crippen LogP contribution in [0.1, 0.15) is 23.2 Å². The lowest BCUT2D eigenvalue weighted by Crippen LogP contribution is -2.25. The van der Waals surface area contributed by atoms with Gasteiger partial charge in [0.1, 0.15) is 5.75 Å². The van der Waals surface area contributed by atoms with Crippen LogP contribution in [0, 0.1) is 0 Å². The molecule has 4 N–H and O–H groups in total. The Bertz CT molecular complexity index is 654. The van der Waals surface area contributed by atoms with Crippen molar-refractivity contribution in [2.45, 2.75) is 12.8 Å². The number of unbranched alkanes of at least 4 members (excludes halogenated alkanes) is 1. The maximum absolute atomic E-state index is 12.3. The molecule has 0 unspecified atom stereocenters. The minimum absolute atomic E-state index is 0. The highest BCUT2D eigenvalue weighted by Crippen LogP contribution is 2.23. The smallest absolute Gasteiger partial charge is 0.253 e. The van der Waals surface area contributed by atoms with Crippen LogP contribution in [0.5, 0.6) is 5.75 Å². The summed E-state index contributed by atoms with van der Waals surface area (Å²) in [5.74, 6) is 0.673. The normalized spacial score (nSPS) is 9.36. The molecule has 0 bridgehead atoms. The van der Waals surface area contributed by atoms with Crippen LogP contribution in [0.2, 0.25) is 0 Å². The minimum Gasteiger partial charge on any atom is -0.497 e. The van der Waals surface area contributed by atoms with E-state index in [4.69, 9.17) is 10.5 Å². The molecule has 25 heavy (non-hydrogen) atoms. The zero-order valence-corrected chi connectivity index (χ0v) is 15.8. The third-order valence-corrected chi connectivity index (χ3v) is 3.44. The standard InChI is InChI=1S/C18H23N3O2.2ClH/c1-23-15-8-6-7-14(13-15)21-17-10-3-2-9-16(17)18(22)20-12-5-4-11-19;;/h2-3,6-10,13,21H,4-5,11-12,19H2,1H3,(H,20,22);2*1H. The molecule has 0 saturated carbocycles. The highest BCUT2D eigenvalue weighted by atomic mass is 35.5. The van der Waals surface area contributed by atoms with Crippen LogP contribution >= 0.6 is 24.8 Å². The van der Waals surface area contributed by atoms with Crippen molar-refractivity contribution in [1.29, 1.82) is 0 Å². The Morgan fingerprint density at radius 2 is 1.84 bits per heavy atom. The predicted octanol–water partition coefficient (Wildman–Crippen LogP) is 3.75. The number of para-hydroxylation sites is 1. The van der Waals surface area contributed by atoms with E-state index in [-0.39, 0.29) is 30.7 Å². The van der Waals surface area contributed by atoms with Gasteiger partial charge in [0.2, 0.25) is 0 Å². The van der Waals surface area contributed by atoms with E-state index >= 15 is 0 Å². The fraction of sp³-hybridized carbons (Fsp3) is 0.278. The summed E-state index contributed by atoms with van der Waals surface area (Å²) in [6.45, 7) is 1.27. The third-order valence-electron chi connectivity index (χ3n) is 3.44. The Morgan fingerprint density at radius 1 is 1.08 bits per heavy atom. The summed E-state index contributed by atoms with van der Waals surface area (Å²) in [4.78, 5) is 12.3. The lowest BCUT2D eigenvalue weighted by molar-refractivity contribution is 0.0954. The van der Waals surface area contributed by atoms with Gasteiger partial charge in [-0.25, -0.2) is 0 Å². The van der Waals surface area contributed by atoms with Crippen molar-refractivity contribution >= 4 is 42.1 Å². The summed E-state index contributed by atoms with van der Waals surface area (Å²) >= 11 is 0. The molecule has 0 aliphatic heterocycles. The lowest BCUT2D eigenvalue weighted by atomic mass is 10.1. The summed E-state index contributed by atoms with van der Waals surface area (Å²) in [6.07, 6.45) is 1.79. The van der Waals surface area contributed by atoms with Crippen molar-refractivity contribution in [3.63, 3.8) is 0 Å². The van der Waals surface area contributed by atoms with Gasteiger partial charge in [-0.3, -0.25) is 4.79 Å². The van der Waals surface area contributed by atoms with E-state index in [0.29, 0.717) is 18.7 Å². The van der Waals surface area contributed by atoms with Crippen LogP contribution in [0.15, 0.2) is 48.5 Å². The number of nitrogens with two attached hydrogens (primary N) is 1. The molecule has 2 aromatic rings. The number of methoxy groups -OCH3 is 1. The van der Waals surface area contributed by atoms with Gasteiger partial charge in [-0.2, -0.15) is 0 Å². The SMILES string of the molecule is COc1cccc(Nc2ccccc2C(=O)NCCCCN)c1.Cl.Cl. The molecule has 7 heteroatoms. The summed E-state index contributed by atoms with van der Waals surface area (Å²) in [6, 6.07) is 15.0. The summed E-state index contributed by atoms with van der Waals surface area (Å²) in [5, 5.41) is 6.19. The van der Waals surface area contributed by atoms with Gasteiger partial charge in [0.05, 0.1) is 18.4 Å². The molecule has 2 aromatic carbocycles. The molecule has 0 saturated heterocycles. The monoisotopic (exact) mass is 385 g/mol. The van der Waals surface area contributed by atoms with E-state index in [1.807, 2.05) is 42.5 Å². The fourth-order valence-corrected chi connectivity index (χ4v) is 2.21. The molecule has 0 atom stereocenters. The number of rotatable bonds is 8. The molecule has 0 radical (unpaired) electrons. The molecule has 0 heterocycles. The first-order chi connectivity index (χ1) is 11.2. The minimum atomic E-state index is -0.0898. The van der Waals surface area contributed by atoms with Gasteiger partial charge in [-0.05, 0) is 43.7 Å². The molecule has 0 aromatic heterocycles. The Morgan fingerprint density at radius 3 is 2.56 bits per heavy atom. The quantitative estimate of drug-likeness (QED) is 0.604. The van der Waals surface area contributed by atoms with Crippen LogP contribution < -0.4 is 21.1 Å². The largest absolute Gasteiger partial charge is 0.497 e. The number of benzene rings is 2. The van der Waals surface area contributed by atoms with E-state index in [9.17, 15) is 4.79 Å². The van der Waals surface area contributed by atoms with Crippen molar-refractivity contribution < 1.29 is 9.53 Å². The van der Waals surface area contributed by atoms with Crippen molar-refractivity contribution in [2.24, 2.45) is 5.73 Å². The van der Waals surface area contributed by atoms with Crippen LogP contribution in [-0.2, 0) is 0 Å². The zero-order valence-electron chi connectivity index (χ0n) is 14.2. The molecule has 2 rings (SSSR count). The molecule has 0 fully saturated rings. The second-order valence-electron chi connectivity index (χ2n) is 5.15. The van der Waals surface area contributed by atoms with Crippen molar-refractivity contribution in [2.75, 3.05) is 25.5 Å². The Labute approximate surface area is 161 Å². The number of nitrogens with one attached hydrogen (secondary N) is 2. The van der Waals surface area contributed by atoms with E-state index in [1.165, 1.54) is 0 Å². The van der Waals surface area contributed by atoms with E-state index in [0.717, 1.165) is 30.0 Å². The molecule has 0 aliphatic carbocycles. The first kappa shape index (κ1) is 23.1. The number of hydrogen-bond acceptors (Lipinski definition) is 4. The first-order valence-corrected chi connectivity index (χ1v) is 7.73.